The van der Waals surface area contributed by atoms with Crippen LogP contribution in [0.3, 0.4) is 0 Å². The van der Waals surface area contributed by atoms with Gasteiger partial charge in [-0.25, -0.2) is 0 Å². The summed E-state index contributed by atoms with van der Waals surface area (Å²) in [5.74, 6) is 0.900. The minimum absolute atomic E-state index is 0.0452. The molecule has 3 aliphatic rings. The van der Waals surface area contributed by atoms with Crippen LogP contribution in [0.5, 0.6) is 0 Å². The molecule has 0 aromatic heterocycles. The Kier molecular flexibility index (Phi) is 4.36. The van der Waals surface area contributed by atoms with Crippen LogP contribution in [0.1, 0.15) is 36.0 Å². The topological polar surface area (TPSA) is 64.4 Å². The van der Waals surface area contributed by atoms with Gasteiger partial charge in [-0.15, -0.1) is 11.8 Å². The lowest BCUT2D eigenvalue weighted by Crippen LogP contribution is -2.52. The number of nitrogens with zero attached hydrogens (tertiary/aromatic N) is 3. The van der Waals surface area contributed by atoms with E-state index in [1.165, 1.54) is 0 Å². The second-order valence-electron chi connectivity index (χ2n) is 7.83. The van der Waals surface area contributed by atoms with E-state index in [0.717, 1.165) is 41.8 Å². The fourth-order valence-electron chi connectivity index (χ4n) is 4.54. The van der Waals surface area contributed by atoms with E-state index in [9.17, 15) is 14.9 Å². The largest absolute Gasteiger partial charge is 0.315 e. The maximum Gasteiger partial charge on any atom is 0.268 e. The molecule has 0 unspecified atom stereocenters. The fraction of sp³-hybridized carbons (Fsp3) is 0.348. The molecule has 1 aliphatic carbocycles. The molecule has 0 radical (unpaired) electrons. The van der Waals surface area contributed by atoms with Gasteiger partial charge in [0.05, 0.1) is 23.9 Å². The van der Waals surface area contributed by atoms with E-state index in [1.54, 1.807) is 22.7 Å². The lowest BCUT2D eigenvalue weighted by molar-refractivity contribution is -0.145. The molecule has 146 valence electrons. The third kappa shape index (κ3) is 2.68. The van der Waals surface area contributed by atoms with E-state index in [1.807, 2.05) is 47.4 Å². The third-order valence-electron chi connectivity index (χ3n) is 6.22. The van der Waals surface area contributed by atoms with Crippen LogP contribution in [0.4, 0.5) is 5.69 Å². The van der Waals surface area contributed by atoms with Gasteiger partial charge in [0.25, 0.3) is 5.91 Å². The normalized spacial score (nSPS) is 23.2. The average molecular weight is 404 g/mol. The van der Waals surface area contributed by atoms with Gasteiger partial charge >= 0.3 is 0 Å². The molecule has 5 rings (SSSR count). The molecule has 29 heavy (non-hydrogen) atoms. The Morgan fingerprint density at radius 1 is 1.21 bits per heavy atom. The number of carbonyl (C=O) groups excluding carboxylic acids is 2. The number of fused-ring (bicyclic) bond motifs is 2. The standard InChI is InChI=1S/C23H21N3O2S/c24-14-16-5-3-6-17(13-16)15-25-20-10-2-1-9-19(20)23(22(25)28)26(11-12-29-23)21(27)18-7-4-8-18/h1-3,5-6,9-10,13,18H,4,7-8,11-12,15H2/t23-/m0/s1. The second-order valence-corrected chi connectivity index (χ2v) is 9.12. The summed E-state index contributed by atoms with van der Waals surface area (Å²) >= 11 is 1.58. The number of carbonyl (C=O) groups is 2. The summed E-state index contributed by atoms with van der Waals surface area (Å²) in [5, 5.41) is 9.20. The Morgan fingerprint density at radius 2 is 2.03 bits per heavy atom. The Bertz CT molecular complexity index is 1040. The molecule has 2 aromatic rings. The van der Waals surface area contributed by atoms with Crippen LogP contribution in [0.25, 0.3) is 0 Å². The smallest absolute Gasteiger partial charge is 0.268 e. The van der Waals surface area contributed by atoms with Gasteiger partial charge in [-0.05, 0) is 36.6 Å². The van der Waals surface area contributed by atoms with Crippen molar-refractivity contribution < 1.29 is 9.59 Å². The van der Waals surface area contributed by atoms with E-state index in [2.05, 4.69) is 6.07 Å². The molecule has 2 aliphatic heterocycles. The van der Waals surface area contributed by atoms with Crippen LogP contribution in [0, 0.1) is 17.2 Å². The maximum atomic E-state index is 13.8. The van der Waals surface area contributed by atoms with Gasteiger partial charge in [0.15, 0.2) is 4.87 Å². The van der Waals surface area contributed by atoms with Gasteiger partial charge in [0.1, 0.15) is 0 Å². The number of hydrogen-bond donors (Lipinski definition) is 0. The monoisotopic (exact) mass is 403 g/mol. The van der Waals surface area contributed by atoms with Crippen LogP contribution in [-0.2, 0) is 21.0 Å². The summed E-state index contributed by atoms with van der Waals surface area (Å²) in [4.78, 5) is 29.7. The van der Waals surface area contributed by atoms with Crippen molar-refractivity contribution in [2.75, 3.05) is 17.2 Å². The first-order chi connectivity index (χ1) is 14.1. The van der Waals surface area contributed by atoms with E-state index < -0.39 is 4.87 Å². The van der Waals surface area contributed by atoms with Crippen molar-refractivity contribution in [3.63, 3.8) is 0 Å². The van der Waals surface area contributed by atoms with Gasteiger partial charge < -0.3 is 9.80 Å². The van der Waals surface area contributed by atoms with Crippen LogP contribution in [0.15, 0.2) is 48.5 Å². The Labute approximate surface area is 174 Å². The van der Waals surface area contributed by atoms with E-state index in [4.69, 9.17) is 0 Å². The number of hydrogen-bond acceptors (Lipinski definition) is 4. The van der Waals surface area contributed by atoms with E-state index in [-0.39, 0.29) is 17.7 Å². The van der Waals surface area contributed by atoms with Gasteiger partial charge in [0, 0.05) is 23.8 Å². The van der Waals surface area contributed by atoms with Crippen LogP contribution in [0.2, 0.25) is 0 Å². The highest BCUT2D eigenvalue weighted by atomic mass is 32.2. The van der Waals surface area contributed by atoms with E-state index >= 15 is 0 Å². The summed E-state index contributed by atoms with van der Waals surface area (Å²) in [6.07, 6.45) is 2.95. The number of anilines is 1. The summed E-state index contributed by atoms with van der Waals surface area (Å²) in [6.45, 7) is 0.997. The van der Waals surface area contributed by atoms with E-state index in [0.29, 0.717) is 18.7 Å². The molecule has 2 amide bonds. The van der Waals surface area contributed by atoms with Gasteiger partial charge in [-0.1, -0.05) is 36.8 Å². The first-order valence-electron chi connectivity index (χ1n) is 10.0. The summed E-state index contributed by atoms with van der Waals surface area (Å²) in [6, 6.07) is 17.3. The molecule has 2 heterocycles. The van der Waals surface area contributed by atoms with Crippen molar-refractivity contribution in [2.45, 2.75) is 30.7 Å². The zero-order chi connectivity index (χ0) is 20.0. The zero-order valence-corrected chi connectivity index (χ0v) is 16.8. The van der Waals surface area contributed by atoms with Crippen LogP contribution >= 0.6 is 11.8 Å². The average Bonchev–Trinajstić information content (AvgIpc) is 3.24. The molecule has 0 N–H and O–H groups in total. The number of rotatable bonds is 3. The highest BCUT2D eigenvalue weighted by Crippen LogP contribution is 2.55. The van der Waals surface area contributed by atoms with Crippen molar-refractivity contribution in [3.8, 4) is 6.07 Å². The molecule has 0 bridgehead atoms. The zero-order valence-electron chi connectivity index (χ0n) is 16.0. The SMILES string of the molecule is N#Cc1cccc(CN2C(=O)[C@@]3(SCCN3C(=O)C3CCC3)c3ccccc32)c1. The van der Waals surface area contributed by atoms with Gasteiger partial charge in [-0.3, -0.25) is 9.59 Å². The van der Waals surface area contributed by atoms with Crippen molar-refractivity contribution >= 4 is 29.3 Å². The van der Waals surface area contributed by atoms with Gasteiger partial charge in [-0.2, -0.15) is 5.26 Å². The molecular formula is C23H21N3O2S. The van der Waals surface area contributed by atoms with Crippen molar-refractivity contribution in [1.82, 2.24) is 4.90 Å². The third-order valence-corrected chi connectivity index (χ3v) is 7.64. The number of benzene rings is 2. The van der Waals surface area contributed by atoms with Crippen LogP contribution in [-0.4, -0.2) is 29.0 Å². The molecule has 6 heteroatoms. The molecule has 5 nitrogen and oxygen atoms in total. The Hall–Kier alpha value is -2.78. The number of nitriles is 1. The number of thioether (sulfide) groups is 1. The molecule has 1 spiro atoms. The summed E-state index contributed by atoms with van der Waals surface area (Å²) in [5.41, 5.74) is 3.26. The molecule has 1 saturated heterocycles. The lowest BCUT2D eigenvalue weighted by atomic mass is 9.84. The maximum absolute atomic E-state index is 13.8. The first-order valence-corrected chi connectivity index (χ1v) is 11.0. The summed E-state index contributed by atoms with van der Waals surface area (Å²) in [7, 11) is 0. The molecular weight excluding hydrogens is 382 g/mol. The number of amides is 2. The highest BCUT2D eigenvalue weighted by molar-refractivity contribution is 8.01. The van der Waals surface area contributed by atoms with Crippen LogP contribution < -0.4 is 4.90 Å². The van der Waals surface area contributed by atoms with Crippen molar-refractivity contribution in [3.05, 3.63) is 65.2 Å². The Balaban J connectivity index is 1.55. The highest BCUT2D eigenvalue weighted by Gasteiger charge is 2.59. The predicted octanol–water partition coefficient (Wildman–Crippen LogP) is 3.63. The Morgan fingerprint density at radius 3 is 2.79 bits per heavy atom. The number of para-hydroxylation sites is 1. The molecule has 2 fully saturated rings. The first kappa shape index (κ1) is 18.3. The minimum Gasteiger partial charge on any atom is -0.315 e. The fourth-order valence-corrected chi connectivity index (χ4v) is 6.01. The molecule has 1 saturated carbocycles. The molecule has 1 atom stereocenters. The summed E-state index contributed by atoms with van der Waals surface area (Å²) < 4.78 is 0. The molecule has 2 aromatic carbocycles. The predicted molar refractivity (Wildman–Crippen MR) is 112 cm³/mol. The van der Waals surface area contributed by atoms with Crippen molar-refractivity contribution in [1.29, 1.82) is 5.26 Å². The lowest BCUT2D eigenvalue weighted by Gasteiger charge is -2.37. The van der Waals surface area contributed by atoms with Gasteiger partial charge in [0.2, 0.25) is 5.91 Å². The minimum atomic E-state index is -0.948. The van der Waals surface area contributed by atoms with Crippen molar-refractivity contribution in [2.24, 2.45) is 5.92 Å². The quantitative estimate of drug-likeness (QED) is 0.785. The second kappa shape index (κ2) is 6.93.